The molecule has 1 aromatic carbocycles. The normalized spacial score (nSPS) is 22.0. The Morgan fingerprint density at radius 1 is 1.30 bits per heavy atom. The van der Waals surface area contributed by atoms with Gasteiger partial charge in [0.05, 0.1) is 11.6 Å². The average molecular weight is 267 g/mol. The zero-order valence-electron chi connectivity index (χ0n) is 11.3. The van der Waals surface area contributed by atoms with E-state index in [-0.39, 0.29) is 11.9 Å². The molecule has 20 heavy (non-hydrogen) atoms. The number of nitrogens with two attached hydrogens (primary N) is 1. The highest BCUT2D eigenvalue weighted by molar-refractivity contribution is 6.12. The molecule has 4 nitrogen and oxygen atoms in total. The summed E-state index contributed by atoms with van der Waals surface area (Å²) in [6, 6.07) is 5.35. The maximum atomic E-state index is 12.6. The Hall–Kier alpha value is -2.49. The van der Waals surface area contributed by atoms with Crippen molar-refractivity contribution in [1.29, 1.82) is 0 Å². The van der Waals surface area contributed by atoms with Crippen LogP contribution in [0.4, 0.5) is 5.69 Å². The number of nitrogen functional groups attached to an aromatic ring is 1. The molecule has 2 aliphatic rings. The van der Waals surface area contributed by atoms with Crippen molar-refractivity contribution in [3.05, 3.63) is 60.5 Å². The maximum Gasteiger partial charge on any atom is 0.261 e. The van der Waals surface area contributed by atoms with Crippen LogP contribution in [-0.2, 0) is 0 Å². The van der Waals surface area contributed by atoms with Crippen LogP contribution in [0.15, 0.2) is 49.3 Å². The Labute approximate surface area is 118 Å². The molecule has 1 fully saturated rings. The molecule has 1 aromatic rings. The van der Waals surface area contributed by atoms with Crippen LogP contribution < -0.4 is 11.1 Å². The summed E-state index contributed by atoms with van der Waals surface area (Å²) >= 11 is 0. The van der Waals surface area contributed by atoms with Gasteiger partial charge in [0.25, 0.3) is 5.91 Å². The van der Waals surface area contributed by atoms with Crippen molar-refractivity contribution in [3.8, 4) is 0 Å². The van der Waals surface area contributed by atoms with Crippen molar-refractivity contribution < 1.29 is 4.79 Å². The van der Waals surface area contributed by atoms with E-state index in [1.165, 1.54) is 0 Å². The minimum atomic E-state index is -0.104. The average Bonchev–Trinajstić information content (AvgIpc) is 2.64. The standard InChI is InChI=1S/C16H17N3O/c1-9-7-8-14(10(2)18-9)19-11(3)12-5-4-6-13(17)15(12)16(19)20/h4-6,14,18H,1-3,7-8,17H2. The minimum Gasteiger partial charge on any atom is -0.398 e. The van der Waals surface area contributed by atoms with Crippen molar-refractivity contribution in [2.75, 3.05) is 5.73 Å². The third kappa shape index (κ3) is 1.65. The molecule has 2 heterocycles. The zero-order valence-corrected chi connectivity index (χ0v) is 11.3. The van der Waals surface area contributed by atoms with Gasteiger partial charge in [-0.05, 0) is 18.9 Å². The molecule has 0 aliphatic carbocycles. The number of rotatable bonds is 1. The van der Waals surface area contributed by atoms with Crippen molar-refractivity contribution in [3.63, 3.8) is 0 Å². The number of carbonyl (C=O) groups excluding carboxylic acids is 1. The second-order valence-electron chi connectivity index (χ2n) is 5.20. The lowest BCUT2D eigenvalue weighted by atomic mass is 10.0. The number of amides is 1. The second kappa shape index (κ2) is 4.27. The molecule has 0 radical (unpaired) electrons. The molecule has 4 heteroatoms. The molecule has 1 unspecified atom stereocenters. The molecule has 1 amide bonds. The van der Waals surface area contributed by atoms with E-state index in [0.29, 0.717) is 16.9 Å². The van der Waals surface area contributed by atoms with E-state index in [1.807, 2.05) is 12.1 Å². The van der Waals surface area contributed by atoms with Gasteiger partial charge in [-0.3, -0.25) is 9.69 Å². The molecule has 2 aliphatic heterocycles. The first-order valence-corrected chi connectivity index (χ1v) is 6.55. The van der Waals surface area contributed by atoms with Crippen LogP contribution in [0.2, 0.25) is 0 Å². The van der Waals surface area contributed by atoms with E-state index in [9.17, 15) is 4.79 Å². The van der Waals surface area contributed by atoms with Crippen LogP contribution in [0, 0.1) is 0 Å². The third-order valence-corrected chi connectivity index (χ3v) is 3.90. The number of nitrogens with zero attached hydrogens (tertiary/aromatic N) is 1. The molecule has 1 saturated heterocycles. The van der Waals surface area contributed by atoms with Gasteiger partial charge in [-0.1, -0.05) is 31.9 Å². The Morgan fingerprint density at radius 3 is 2.70 bits per heavy atom. The van der Waals surface area contributed by atoms with Gasteiger partial charge in [0.2, 0.25) is 0 Å². The molecule has 1 atom stereocenters. The van der Waals surface area contributed by atoms with Crippen LogP contribution in [0.3, 0.4) is 0 Å². The van der Waals surface area contributed by atoms with Gasteiger partial charge >= 0.3 is 0 Å². The highest BCUT2D eigenvalue weighted by Crippen LogP contribution is 2.39. The van der Waals surface area contributed by atoms with Crippen LogP contribution in [-0.4, -0.2) is 16.8 Å². The summed E-state index contributed by atoms with van der Waals surface area (Å²) < 4.78 is 0. The van der Waals surface area contributed by atoms with Crippen LogP contribution in [0.1, 0.15) is 28.8 Å². The Kier molecular flexibility index (Phi) is 2.67. The summed E-state index contributed by atoms with van der Waals surface area (Å²) in [7, 11) is 0. The predicted octanol–water partition coefficient (Wildman–Crippen LogP) is 2.47. The van der Waals surface area contributed by atoms with Crippen LogP contribution in [0.25, 0.3) is 5.70 Å². The fourth-order valence-electron chi connectivity index (χ4n) is 2.89. The quantitative estimate of drug-likeness (QED) is 0.768. The molecule has 3 N–H and O–H groups in total. The summed E-state index contributed by atoms with van der Waals surface area (Å²) in [5, 5.41) is 3.13. The summed E-state index contributed by atoms with van der Waals surface area (Å²) in [5.74, 6) is -0.0939. The highest BCUT2D eigenvalue weighted by Gasteiger charge is 2.39. The maximum absolute atomic E-state index is 12.6. The first-order valence-electron chi connectivity index (χ1n) is 6.55. The number of nitrogens with one attached hydrogen (secondary N) is 1. The topological polar surface area (TPSA) is 58.4 Å². The number of fused-ring (bicyclic) bond motifs is 1. The van der Waals surface area contributed by atoms with Gasteiger partial charge in [-0.2, -0.15) is 0 Å². The van der Waals surface area contributed by atoms with E-state index >= 15 is 0 Å². The number of carbonyl (C=O) groups is 1. The molecular weight excluding hydrogens is 250 g/mol. The van der Waals surface area contributed by atoms with Crippen molar-refractivity contribution in [2.45, 2.75) is 18.9 Å². The lowest BCUT2D eigenvalue weighted by molar-refractivity contribution is 0.0810. The van der Waals surface area contributed by atoms with Gasteiger partial charge in [0, 0.05) is 28.3 Å². The molecule has 3 rings (SSSR count). The minimum absolute atomic E-state index is 0.0939. The van der Waals surface area contributed by atoms with Crippen LogP contribution in [0.5, 0.6) is 0 Å². The number of anilines is 1. The van der Waals surface area contributed by atoms with E-state index in [2.05, 4.69) is 25.1 Å². The van der Waals surface area contributed by atoms with Gasteiger partial charge in [-0.25, -0.2) is 0 Å². The van der Waals surface area contributed by atoms with Crippen molar-refractivity contribution >= 4 is 17.3 Å². The summed E-state index contributed by atoms with van der Waals surface area (Å²) in [4.78, 5) is 14.3. The fourth-order valence-corrected chi connectivity index (χ4v) is 2.89. The summed E-state index contributed by atoms with van der Waals surface area (Å²) in [6.45, 7) is 12.0. The number of piperidine rings is 1. The molecular formula is C16H17N3O. The number of hydrogen-bond donors (Lipinski definition) is 2. The summed E-state index contributed by atoms with van der Waals surface area (Å²) in [6.07, 6.45) is 1.61. The lowest BCUT2D eigenvalue weighted by Gasteiger charge is -2.35. The highest BCUT2D eigenvalue weighted by atomic mass is 16.2. The van der Waals surface area contributed by atoms with Gasteiger partial charge in [0.1, 0.15) is 0 Å². The molecule has 102 valence electrons. The van der Waals surface area contributed by atoms with Gasteiger partial charge in [-0.15, -0.1) is 0 Å². The van der Waals surface area contributed by atoms with Gasteiger partial charge < -0.3 is 11.1 Å². The Balaban J connectivity index is 2.00. The van der Waals surface area contributed by atoms with Crippen molar-refractivity contribution in [2.24, 2.45) is 0 Å². The molecule has 0 saturated carbocycles. The predicted molar refractivity (Wildman–Crippen MR) is 80.5 cm³/mol. The monoisotopic (exact) mass is 267 g/mol. The fraction of sp³-hybridized carbons (Fsp3) is 0.188. The smallest absolute Gasteiger partial charge is 0.261 e. The summed E-state index contributed by atoms with van der Waals surface area (Å²) in [5.41, 5.74) is 10.2. The zero-order chi connectivity index (χ0) is 14.4. The van der Waals surface area contributed by atoms with E-state index in [0.717, 1.165) is 29.8 Å². The second-order valence-corrected chi connectivity index (χ2v) is 5.20. The number of allylic oxidation sites excluding steroid dienone is 1. The Bertz CT molecular complexity index is 660. The molecule has 0 spiro atoms. The molecule has 0 bridgehead atoms. The van der Waals surface area contributed by atoms with E-state index < -0.39 is 0 Å². The van der Waals surface area contributed by atoms with E-state index in [4.69, 9.17) is 5.73 Å². The number of hydrogen-bond acceptors (Lipinski definition) is 3. The third-order valence-electron chi connectivity index (χ3n) is 3.90. The SMILES string of the molecule is C=C1CCC(N2C(=C)c3cccc(N)c3C2=O)C(=C)N1. The Morgan fingerprint density at radius 2 is 2.05 bits per heavy atom. The van der Waals surface area contributed by atoms with E-state index in [1.54, 1.807) is 11.0 Å². The molecule has 0 aromatic heterocycles. The van der Waals surface area contributed by atoms with Gasteiger partial charge in [0.15, 0.2) is 0 Å². The lowest BCUT2D eigenvalue weighted by Crippen LogP contribution is -2.42. The first-order chi connectivity index (χ1) is 9.50. The van der Waals surface area contributed by atoms with Crippen molar-refractivity contribution in [1.82, 2.24) is 10.2 Å². The first kappa shape index (κ1) is 12.5. The largest absolute Gasteiger partial charge is 0.398 e. The van der Waals surface area contributed by atoms with Crippen LogP contribution >= 0.6 is 0 Å². The number of benzene rings is 1.